The molecule has 3 rings (SSSR count). The monoisotopic (exact) mass is 471 g/mol. The van der Waals surface area contributed by atoms with Crippen LogP contribution in [0.1, 0.15) is 6.92 Å². The lowest BCUT2D eigenvalue weighted by atomic mass is 10.2. The van der Waals surface area contributed by atoms with Crippen LogP contribution >= 0.6 is 11.6 Å². The van der Waals surface area contributed by atoms with Crippen LogP contribution in [0.2, 0.25) is 5.02 Å². The van der Waals surface area contributed by atoms with E-state index in [9.17, 15) is 18.0 Å². The second-order valence-electron chi connectivity index (χ2n) is 7.42. The highest BCUT2D eigenvalue weighted by Crippen LogP contribution is 2.24. The Morgan fingerprint density at radius 3 is 2.22 bits per heavy atom. The van der Waals surface area contributed by atoms with Crippen molar-refractivity contribution in [2.75, 3.05) is 44.6 Å². The van der Waals surface area contributed by atoms with Crippen LogP contribution in [0.3, 0.4) is 0 Å². The molecule has 1 aliphatic rings. The van der Waals surface area contributed by atoms with E-state index < -0.39 is 6.36 Å². The largest absolute Gasteiger partial charge is 0.573 e. The van der Waals surface area contributed by atoms with E-state index in [0.29, 0.717) is 17.3 Å². The van der Waals surface area contributed by atoms with Gasteiger partial charge in [-0.15, -0.1) is 13.2 Å². The Balaban J connectivity index is 1.39. The quantitative estimate of drug-likeness (QED) is 0.623. The van der Waals surface area contributed by atoms with Gasteiger partial charge in [-0.25, -0.2) is 0 Å². The van der Waals surface area contributed by atoms with Gasteiger partial charge in [0.25, 0.3) is 0 Å². The van der Waals surface area contributed by atoms with Gasteiger partial charge in [0.1, 0.15) is 18.1 Å². The summed E-state index contributed by atoms with van der Waals surface area (Å²) in [6.45, 7) is 6.24. The topological polar surface area (TPSA) is 54.0 Å². The third kappa shape index (κ3) is 7.58. The molecule has 0 spiro atoms. The standard InChI is InChI=1S/C22H25ClF3N3O3/c1-16(21(30)27-18-4-8-20(9-5-18)32-22(24,25)26)29-12-10-28(11-13-29)14-15-31-19-6-2-17(23)3-7-19/h2-9,16H,10-15H2,1H3,(H,27,30)/t16-/m0/s1. The Morgan fingerprint density at radius 2 is 1.62 bits per heavy atom. The van der Waals surface area contributed by atoms with E-state index >= 15 is 0 Å². The lowest BCUT2D eigenvalue weighted by molar-refractivity contribution is -0.274. The first-order valence-corrected chi connectivity index (χ1v) is 10.6. The predicted molar refractivity (Wildman–Crippen MR) is 116 cm³/mol. The van der Waals surface area contributed by atoms with Crippen molar-refractivity contribution in [2.45, 2.75) is 19.3 Å². The Kier molecular flexibility index (Phi) is 8.22. The van der Waals surface area contributed by atoms with Crippen molar-refractivity contribution in [3.8, 4) is 11.5 Å². The molecule has 1 heterocycles. The Hall–Kier alpha value is -2.49. The van der Waals surface area contributed by atoms with E-state index in [-0.39, 0.29) is 17.7 Å². The molecule has 1 fully saturated rings. The fourth-order valence-electron chi connectivity index (χ4n) is 3.35. The number of amides is 1. The highest BCUT2D eigenvalue weighted by atomic mass is 35.5. The van der Waals surface area contributed by atoms with E-state index in [1.165, 1.54) is 24.3 Å². The first-order chi connectivity index (χ1) is 15.2. The maximum Gasteiger partial charge on any atom is 0.573 e. The first-order valence-electron chi connectivity index (χ1n) is 10.2. The van der Waals surface area contributed by atoms with Crippen LogP contribution in [0, 0.1) is 0 Å². The molecule has 0 unspecified atom stereocenters. The normalized spacial score (nSPS) is 16.4. The summed E-state index contributed by atoms with van der Waals surface area (Å²) in [6.07, 6.45) is -4.75. The van der Waals surface area contributed by atoms with Crippen LogP contribution < -0.4 is 14.8 Å². The van der Waals surface area contributed by atoms with E-state index in [1.807, 2.05) is 19.1 Å². The van der Waals surface area contributed by atoms with Crippen molar-refractivity contribution in [3.05, 3.63) is 53.6 Å². The molecule has 1 aliphatic heterocycles. The smallest absolute Gasteiger partial charge is 0.492 e. The second kappa shape index (κ2) is 10.9. The lowest BCUT2D eigenvalue weighted by Crippen LogP contribution is -2.53. The zero-order valence-corrected chi connectivity index (χ0v) is 18.3. The van der Waals surface area contributed by atoms with Gasteiger partial charge in [-0.2, -0.15) is 0 Å². The molecule has 2 aromatic rings. The summed E-state index contributed by atoms with van der Waals surface area (Å²) in [7, 11) is 0. The maximum atomic E-state index is 12.6. The molecule has 0 aliphatic carbocycles. The highest BCUT2D eigenvalue weighted by molar-refractivity contribution is 6.30. The van der Waals surface area contributed by atoms with Crippen LogP contribution in [-0.4, -0.2) is 67.4 Å². The number of carbonyl (C=O) groups is 1. The van der Waals surface area contributed by atoms with Gasteiger partial charge in [0.05, 0.1) is 6.04 Å². The van der Waals surface area contributed by atoms with Gasteiger partial charge in [-0.3, -0.25) is 14.6 Å². The summed E-state index contributed by atoms with van der Waals surface area (Å²) >= 11 is 5.86. The van der Waals surface area contributed by atoms with Crippen LogP contribution in [0.15, 0.2) is 48.5 Å². The minimum Gasteiger partial charge on any atom is -0.492 e. The van der Waals surface area contributed by atoms with Crippen LogP contribution in [0.4, 0.5) is 18.9 Å². The molecule has 1 atom stereocenters. The molecule has 0 bridgehead atoms. The molecular weight excluding hydrogens is 447 g/mol. The molecule has 10 heteroatoms. The molecule has 0 aromatic heterocycles. The molecule has 174 valence electrons. The molecule has 0 radical (unpaired) electrons. The van der Waals surface area contributed by atoms with Gasteiger partial charge in [-0.1, -0.05) is 11.6 Å². The predicted octanol–water partition coefficient (Wildman–Crippen LogP) is 4.26. The van der Waals surface area contributed by atoms with E-state index in [2.05, 4.69) is 19.9 Å². The molecule has 1 saturated heterocycles. The number of nitrogens with zero attached hydrogens (tertiary/aromatic N) is 2. The Labute approximate surface area is 189 Å². The maximum absolute atomic E-state index is 12.6. The van der Waals surface area contributed by atoms with Gasteiger partial charge < -0.3 is 14.8 Å². The number of benzene rings is 2. The zero-order valence-electron chi connectivity index (χ0n) is 17.6. The second-order valence-corrected chi connectivity index (χ2v) is 7.85. The number of rotatable bonds is 8. The molecule has 2 aromatic carbocycles. The SMILES string of the molecule is C[C@@H](C(=O)Nc1ccc(OC(F)(F)F)cc1)N1CCN(CCOc2ccc(Cl)cc2)CC1. The lowest BCUT2D eigenvalue weighted by Gasteiger charge is -2.37. The number of hydrogen-bond acceptors (Lipinski definition) is 5. The van der Waals surface area contributed by atoms with Gasteiger partial charge in [0, 0.05) is 43.4 Å². The van der Waals surface area contributed by atoms with Crippen molar-refractivity contribution >= 4 is 23.2 Å². The average molecular weight is 472 g/mol. The molecule has 6 nitrogen and oxygen atoms in total. The minimum atomic E-state index is -4.75. The van der Waals surface area contributed by atoms with Gasteiger partial charge in [-0.05, 0) is 55.5 Å². The summed E-state index contributed by atoms with van der Waals surface area (Å²) in [4.78, 5) is 16.9. The number of hydrogen-bond donors (Lipinski definition) is 1. The summed E-state index contributed by atoms with van der Waals surface area (Å²) in [6, 6.07) is 12.0. The van der Waals surface area contributed by atoms with E-state index in [1.54, 1.807) is 12.1 Å². The summed E-state index contributed by atoms with van der Waals surface area (Å²) in [5, 5.41) is 3.40. The number of alkyl halides is 3. The Morgan fingerprint density at radius 1 is 1.03 bits per heavy atom. The summed E-state index contributed by atoms with van der Waals surface area (Å²) in [5.74, 6) is 0.227. The minimum absolute atomic E-state index is 0.214. The van der Waals surface area contributed by atoms with Crippen LogP contribution in [-0.2, 0) is 4.79 Å². The fourth-order valence-corrected chi connectivity index (χ4v) is 3.48. The first kappa shape index (κ1) is 24.2. The third-order valence-corrected chi connectivity index (χ3v) is 5.43. The van der Waals surface area contributed by atoms with Crippen molar-refractivity contribution in [2.24, 2.45) is 0 Å². The average Bonchev–Trinajstić information content (AvgIpc) is 2.75. The molecule has 1 N–H and O–H groups in total. The van der Waals surface area contributed by atoms with Gasteiger partial charge in [0.15, 0.2) is 0 Å². The number of halogens is 4. The van der Waals surface area contributed by atoms with Gasteiger partial charge >= 0.3 is 6.36 Å². The number of ether oxygens (including phenoxy) is 2. The number of carbonyl (C=O) groups excluding carboxylic acids is 1. The van der Waals surface area contributed by atoms with Crippen molar-refractivity contribution in [3.63, 3.8) is 0 Å². The molecule has 1 amide bonds. The van der Waals surface area contributed by atoms with Crippen molar-refractivity contribution in [1.82, 2.24) is 9.80 Å². The fraction of sp³-hybridized carbons (Fsp3) is 0.409. The van der Waals surface area contributed by atoms with E-state index in [0.717, 1.165) is 38.5 Å². The number of anilines is 1. The highest BCUT2D eigenvalue weighted by Gasteiger charge is 2.31. The van der Waals surface area contributed by atoms with Crippen molar-refractivity contribution in [1.29, 1.82) is 0 Å². The van der Waals surface area contributed by atoms with E-state index in [4.69, 9.17) is 16.3 Å². The molecule has 32 heavy (non-hydrogen) atoms. The summed E-state index contributed by atoms with van der Waals surface area (Å²) in [5.41, 5.74) is 0.411. The third-order valence-electron chi connectivity index (χ3n) is 5.18. The van der Waals surface area contributed by atoms with Crippen LogP contribution in [0.25, 0.3) is 0 Å². The molecule has 0 saturated carbocycles. The van der Waals surface area contributed by atoms with Crippen molar-refractivity contribution < 1.29 is 27.4 Å². The van der Waals surface area contributed by atoms with Gasteiger partial charge in [0.2, 0.25) is 5.91 Å². The Bertz CT molecular complexity index is 871. The van der Waals surface area contributed by atoms with Crippen LogP contribution in [0.5, 0.6) is 11.5 Å². The number of nitrogens with one attached hydrogen (secondary N) is 1. The number of piperazine rings is 1. The molecular formula is C22H25ClF3N3O3. The zero-order chi connectivity index (χ0) is 23.1. The summed E-state index contributed by atoms with van der Waals surface area (Å²) < 4.78 is 46.3.